The fourth-order valence-corrected chi connectivity index (χ4v) is 2.74. The van der Waals surface area contributed by atoms with Crippen molar-refractivity contribution in [2.45, 2.75) is 0 Å². The highest BCUT2D eigenvalue weighted by atomic mass is 16.2. The largest absolute Gasteiger partial charge is 0.323 e. The molecule has 1 heterocycles. The number of nitrogens with one attached hydrogen (secondary N) is 3. The average molecular weight is 398 g/mol. The smallest absolute Gasteiger partial charge is 0.320 e. The van der Waals surface area contributed by atoms with Gasteiger partial charge in [0.2, 0.25) is 0 Å². The Labute approximate surface area is 172 Å². The van der Waals surface area contributed by atoms with Gasteiger partial charge in [-0.3, -0.25) is 4.79 Å². The molecular weight excluding hydrogens is 380 g/mol. The summed E-state index contributed by atoms with van der Waals surface area (Å²) in [5, 5.41) is 16.6. The average Bonchev–Trinajstić information content (AvgIpc) is 3.26. The minimum absolute atomic E-state index is 0.180. The minimum atomic E-state index is -0.400. The predicted octanol–water partition coefficient (Wildman–Crippen LogP) is 4.16. The van der Waals surface area contributed by atoms with Crippen LogP contribution in [0.15, 0.2) is 91.1 Å². The first-order valence-corrected chi connectivity index (χ1v) is 9.20. The third-order valence-electron chi connectivity index (χ3n) is 4.12. The SMILES string of the molecule is O=C(Nc1ccccc1)Nc1cccc(NC(=O)c2cnn(-c3ccccc3)n2)c1. The quantitative estimate of drug-likeness (QED) is 0.470. The molecule has 0 saturated heterocycles. The Morgan fingerprint density at radius 3 is 2.03 bits per heavy atom. The number of aromatic nitrogens is 3. The van der Waals surface area contributed by atoms with E-state index in [9.17, 15) is 9.59 Å². The van der Waals surface area contributed by atoms with Gasteiger partial charge < -0.3 is 16.0 Å². The van der Waals surface area contributed by atoms with Crippen LogP contribution in [0, 0.1) is 0 Å². The highest BCUT2D eigenvalue weighted by Gasteiger charge is 2.12. The van der Waals surface area contributed by atoms with Gasteiger partial charge in [0.25, 0.3) is 5.91 Å². The molecule has 3 aromatic carbocycles. The normalized spacial score (nSPS) is 10.3. The van der Waals surface area contributed by atoms with Crippen LogP contribution in [-0.2, 0) is 0 Å². The van der Waals surface area contributed by atoms with Crippen LogP contribution in [0.25, 0.3) is 5.69 Å². The van der Waals surface area contributed by atoms with Crippen LogP contribution in [0.2, 0.25) is 0 Å². The number of urea groups is 1. The van der Waals surface area contributed by atoms with Crippen LogP contribution in [-0.4, -0.2) is 26.9 Å². The molecule has 0 aliphatic carbocycles. The number of amides is 3. The number of carbonyl (C=O) groups excluding carboxylic acids is 2. The van der Waals surface area contributed by atoms with Crippen LogP contribution in [0.4, 0.5) is 21.9 Å². The maximum atomic E-state index is 12.5. The number of anilines is 3. The minimum Gasteiger partial charge on any atom is -0.320 e. The van der Waals surface area contributed by atoms with Gasteiger partial charge >= 0.3 is 6.03 Å². The second kappa shape index (κ2) is 8.70. The summed E-state index contributed by atoms with van der Waals surface area (Å²) in [6.07, 6.45) is 1.40. The predicted molar refractivity (Wildman–Crippen MR) is 115 cm³/mol. The summed E-state index contributed by atoms with van der Waals surface area (Å²) in [7, 11) is 0. The lowest BCUT2D eigenvalue weighted by Gasteiger charge is -2.09. The number of carbonyl (C=O) groups is 2. The van der Waals surface area contributed by atoms with E-state index in [1.54, 1.807) is 36.4 Å². The highest BCUT2D eigenvalue weighted by Crippen LogP contribution is 2.17. The highest BCUT2D eigenvalue weighted by molar-refractivity contribution is 6.03. The van der Waals surface area contributed by atoms with E-state index in [2.05, 4.69) is 26.1 Å². The summed E-state index contributed by atoms with van der Waals surface area (Å²) in [4.78, 5) is 26.0. The third kappa shape index (κ3) is 4.68. The van der Waals surface area contributed by atoms with Crippen molar-refractivity contribution in [3.05, 3.63) is 96.8 Å². The molecule has 1 aromatic heterocycles. The van der Waals surface area contributed by atoms with E-state index in [-0.39, 0.29) is 11.7 Å². The van der Waals surface area contributed by atoms with Crippen LogP contribution in [0.1, 0.15) is 10.5 Å². The van der Waals surface area contributed by atoms with Gasteiger partial charge in [0, 0.05) is 17.1 Å². The molecule has 8 nitrogen and oxygen atoms in total. The van der Waals surface area contributed by atoms with E-state index >= 15 is 0 Å². The van der Waals surface area contributed by atoms with Gasteiger partial charge in [-0.05, 0) is 42.5 Å². The summed E-state index contributed by atoms with van der Waals surface area (Å²) in [6, 6.07) is 24.9. The van der Waals surface area contributed by atoms with Crippen LogP contribution in [0.5, 0.6) is 0 Å². The lowest BCUT2D eigenvalue weighted by molar-refractivity contribution is 0.102. The number of para-hydroxylation sites is 2. The Balaban J connectivity index is 1.40. The summed E-state index contributed by atoms with van der Waals surface area (Å²) < 4.78 is 0. The van der Waals surface area contributed by atoms with Gasteiger partial charge in [0.15, 0.2) is 5.69 Å². The molecule has 0 fully saturated rings. The van der Waals surface area contributed by atoms with Crippen molar-refractivity contribution < 1.29 is 9.59 Å². The number of hydrogen-bond donors (Lipinski definition) is 3. The molecule has 148 valence electrons. The molecule has 0 bridgehead atoms. The zero-order valence-corrected chi connectivity index (χ0v) is 15.8. The lowest BCUT2D eigenvalue weighted by atomic mass is 10.2. The second-order valence-corrected chi connectivity index (χ2v) is 6.33. The number of nitrogens with zero attached hydrogens (tertiary/aromatic N) is 3. The standard InChI is InChI=1S/C22H18N6O2/c29-21(20-15-23-28(27-20)19-12-5-2-6-13-19)24-17-10-7-11-18(14-17)26-22(30)25-16-8-3-1-4-9-16/h1-15H,(H,24,29)(H2,25,26,30). The zero-order valence-electron chi connectivity index (χ0n) is 15.8. The van der Waals surface area contributed by atoms with Gasteiger partial charge in [-0.1, -0.05) is 42.5 Å². The van der Waals surface area contributed by atoms with Crippen molar-refractivity contribution in [1.82, 2.24) is 15.0 Å². The Hall–Kier alpha value is -4.46. The molecule has 0 saturated carbocycles. The maximum absolute atomic E-state index is 12.5. The zero-order chi connectivity index (χ0) is 20.8. The summed E-state index contributed by atoms with van der Waals surface area (Å²) in [6.45, 7) is 0. The summed E-state index contributed by atoms with van der Waals surface area (Å²) in [5.41, 5.74) is 2.67. The number of hydrogen-bond acceptors (Lipinski definition) is 4. The molecular formula is C22H18N6O2. The number of rotatable bonds is 5. The molecule has 8 heteroatoms. The van der Waals surface area contributed by atoms with Crippen LogP contribution < -0.4 is 16.0 Å². The topological polar surface area (TPSA) is 101 Å². The van der Waals surface area contributed by atoms with E-state index in [0.29, 0.717) is 17.1 Å². The van der Waals surface area contributed by atoms with E-state index in [1.165, 1.54) is 11.0 Å². The molecule has 3 N–H and O–H groups in total. The van der Waals surface area contributed by atoms with Crippen LogP contribution in [0.3, 0.4) is 0 Å². The van der Waals surface area contributed by atoms with Crippen molar-refractivity contribution in [3.8, 4) is 5.69 Å². The Morgan fingerprint density at radius 2 is 1.30 bits per heavy atom. The molecule has 0 unspecified atom stereocenters. The third-order valence-corrected chi connectivity index (χ3v) is 4.12. The Kier molecular flexibility index (Phi) is 5.47. The Bertz CT molecular complexity index is 1160. The van der Waals surface area contributed by atoms with E-state index < -0.39 is 5.91 Å². The molecule has 0 spiro atoms. The lowest BCUT2D eigenvalue weighted by Crippen LogP contribution is -2.19. The van der Waals surface area contributed by atoms with Gasteiger partial charge in [0.05, 0.1) is 11.9 Å². The molecule has 0 radical (unpaired) electrons. The van der Waals surface area contributed by atoms with Gasteiger partial charge in [-0.2, -0.15) is 9.90 Å². The summed E-state index contributed by atoms with van der Waals surface area (Å²) >= 11 is 0. The monoisotopic (exact) mass is 398 g/mol. The van der Waals surface area contributed by atoms with Gasteiger partial charge in [-0.15, -0.1) is 5.10 Å². The second-order valence-electron chi connectivity index (χ2n) is 6.33. The number of benzene rings is 3. The van der Waals surface area contributed by atoms with E-state index in [4.69, 9.17) is 0 Å². The van der Waals surface area contributed by atoms with Crippen molar-refractivity contribution in [3.63, 3.8) is 0 Å². The maximum Gasteiger partial charge on any atom is 0.323 e. The molecule has 4 aromatic rings. The molecule has 4 rings (SSSR count). The van der Waals surface area contributed by atoms with Crippen molar-refractivity contribution in [1.29, 1.82) is 0 Å². The van der Waals surface area contributed by atoms with E-state index in [1.807, 2.05) is 48.5 Å². The van der Waals surface area contributed by atoms with Crippen molar-refractivity contribution in [2.24, 2.45) is 0 Å². The molecule has 3 amide bonds. The Morgan fingerprint density at radius 1 is 0.700 bits per heavy atom. The fraction of sp³-hybridized carbons (Fsp3) is 0. The molecule has 0 aliphatic rings. The molecule has 0 atom stereocenters. The van der Waals surface area contributed by atoms with Gasteiger partial charge in [-0.25, -0.2) is 4.79 Å². The van der Waals surface area contributed by atoms with Crippen LogP contribution >= 0.6 is 0 Å². The van der Waals surface area contributed by atoms with E-state index in [0.717, 1.165) is 5.69 Å². The van der Waals surface area contributed by atoms with Crippen molar-refractivity contribution >= 4 is 29.0 Å². The fourth-order valence-electron chi connectivity index (χ4n) is 2.74. The van der Waals surface area contributed by atoms with Crippen molar-refractivity contribution in [2.75, 3.05) is 16.0 Å². The summed E-state index contributed by atoms with van der Waals surface area (Å²) in [5.74, 6) is -0.400. The first-order chi connectivity index (χ1) is 14.7. The first kappa shape index (κ1) is 18.9. The van der Waals surface area contributed by atoms with Gasteiger partial charge in [0.1, 0.15) is 0 Å². The first-order valence-electron chi connectivity index (χ1n) is 9.20. The molecule has 30 heavy (non-hydrogen) atoms. The molecule has 0 aliphatic heterocycles.